The molecule has 3 aliphatic rings. The van der Waals surface area contributed by atoms with Gasteiger partial charge in [0.15, 0.2) is 23.4 Å². The molecule has 0 aliphatic carbocycles. The number of hydrogen-bond acceptors (Lipinski definition) is 8. The maximum atomic E-state index is 13.6. The van der Waals surface area contributed by atoms with Crippen LogP contribution >= 0.6 is 0 Å². The van der Waals surface area contributed by atoms with E-state index in [9.17, 15) is 15.0 Å². The van der Waals surface area contributed by atoms with Crippen LogP contribution in [0.3, 0.4) is 0 Å². The number of ketones is 1. The highest BCUT2D eigenvalue weighted by Gasteiger charge is 2.50. The van der Waals surface area contributed by atoms with Crippen LogP contribution in [0.15, 0.2) is 30.4 Å². The third kappa shape index (κ3) is 2.75. The molecule has 2 aromatic carbocycles. The van der Waals surface area contributed by atoms with Crippen LogP contribution in [0.25, 0.3) is 0 Å². The van der Waals surface area contributed by atoms with E-state index in [1.807, 2.05) is 6.92 Å². The summed E-state index contributed by atoms with van der Waals surface area (Å²) in [6, 6.07) is 4.63. The summed E-state index contributed by atoms with van der Waals surface area (Å²) in [5.41, 5.74) is 2.04. The van der Waals surface area contributed by atoms with Gasteiger partial charge >= 0.3 is 0 Å². The van der Waals surface area contributed by atoms with E-state index >= 15 is 0 Å². The molecule has 0 amide bonds. The minimum atomic E-state index is -1.40. The molecule has 0 bridgehead atoms. The third-order valence-electron chi connectivity index (χ3n) is 6.02. The summed E-state index contributed by atoms with van der Waals surface area (Å²) in [4.78, 5) is 13.6. The summed E-state index contributed by atoms with van der Waals surface area (Å²) in [5, 5.41) is 21.3. The Labute approximate surface area is 178 Å². The molecule has 4 atom stereocenters. The molecule has 3 heterocycles. The number of aliphatic hydroxyl groups is 1. The number of benzene rings is 2. The van der Waals surface area contributed by atoms with Gasteiger partial charge < -0.3 is 33.9 Å². The van der Waals surface area contributed by atoms with E-state index < -0.39 is 18.3 Å². The summed E-state index contributed by atoms with van der Waals surface area (Å²) in [6.07, 6.45) is -2.22. The fraction of sp³-hybridized carbons (Fsp3) is 0.348. The third-order valence-corrected chi connectivity index (χ3v) is 6.02. The highest BCUT2D eigenvalue weighted by Crippen LogP contribution is 2.53. The minimum absolute atomic E-state index is 0.0702. The van der Waals surface area contributed by atoms with Crippen molar-refractivity contribution in [3.8, 4) is 34.5 Å². The Hall–Kier alpha value is -3.39. The SMILES string of the molecule is C=C(C)[C@@H]1Cc2c(cc(O)c3c2O[C@@H]2[C@H](C3=O)c3cc(OC)c(OC)cc3O[C@@H]2O)O1. The van der Waals surface area contributed by atoms with Crippen molar-refractivity contribution < 1.29 is 38.7 Å². The zero-order valence-electron chi connectivity index (χ0n) is 17.3. The number of hydrogen-bond donors (Lipinski definition) is 2. The van der Waals surface area contributed by atoms with Crippen LogP contribution < -0.4 is 23.7 Å². The monoisotopic (exact) mass is 426 g/mol. The lowest BCUT2D eigenvalue weighted by atomic mass is 9.80. The highest BCUT2D eigenvalue weighted by atomic mass is 16.6. The van der Waals surface area contributed by atoms with Gasteiger partial charge in [-0.3, -0.25) is 4.79 Å². The largest absolute Gasteiger partial charge is 0.507 e. The van der Waals surface area contributed by atoms with Crippen molar-refractivity contribution in [2.75, 3.05) is 14.2 Å². The quantitative estimate of drug-likeness (QED) is 0.722. The van der Waals surface area contributed by atoms with Gasteiger partial charge in [0.2, 0.25) is 6.29 Å². The number of aliphatic hydroxyl groups excluding tert-OH is 1. The van der Waals surface area contributed by atoms with Gasteiger partial charge in [-0.25, -0.2) is 0 Å². The Morgan fingerprint density at radius 3 is 2.48 bits per heavy atom. The lowest BCUT2D eigenvalue weighted by molar-refractivity contribution is -0.112. The number of methoxy groups -OCH3 is 2. The topological polar surface area (TPSA) is 104 Å². The summed E-state index contributed by atoms with van der Waals surface area (Å²) in [7, 11) is 2.97. The van der Waals surface area contributed by atoms with E-state index in [-0.39, 0.29) is 34.7 Å². The summed E-state index contributed by atoms with van der Waals surface area (Å²) < 4.78 is 28.3. The zero-order chi connectivity index (χ0) is 22.0. The maximum Gasteiger partial charge on any atom is 0.235 e. The number of fused-ring (bicyclic) bond motifs is 6. The summed E-state index contributed by atoms with van der Waals surface area (Å²) in [6.45, 7) is 5.77. The first kappa shape index (κ1) is 19.6. The van der Waals surface area contributed by atoms with Crippen LogP contribution in [-0.2, 0) is 6.42 Å². The number of aromatic hydroxyl groups is 1. The van der Waals surface area contributed by atoms with Crippen molar-refractivity contribution in [1.29, 1.82) is 0 Å². The normalized spacial score (nSPS) is 25.1. The van der Waals surface area contributed by atoms with Crippen LogP contribution in [0.1, 0.15) is 34.3 Å². The second-order valence-electron chi connectivity index (χ2n) is 7.91. The van der Waals surface area contributed by atoms with E-state index in [4.69, 9.17) is 23.7 Å². The maximum absolute atomic E-state index is 13.6. The molecular formula is C23H22O8. The van der Waals surface area contributed by atoms with Gasteiger partial charge in [0.25, 0.3) is 0 Å². The number of ether oxygens (including phenoxy) is 5. The molecule has 0 saturated heterocycles. The highest BCUT2D eigenvalue weighted by molar-refractivity contribution is 6.08. The first-order valence-corrected chi connectivity index (χ1v) is 9.86. The molecule has 8 heteroatoms. The van der Waals surface area contributed by atoms with Gasteiger partial charge in [-0.05, 0) is 18.6 Å². The molecule has 0 radical (unpaired) electrons. The van der Waals surface area contributed by atoms with E-state index in [2.05, 4.69) is 6.58 Å². The van der Waals surface area contributed by atoms with E-state index in [1.165, 1.54) is 20.3 Å². The van der Waals surface area contributed by atoms with Crippen LogP contribution in [0.2, 0.25) is 0 Å². The summed E-state index contributed by atoms with van der Waals surface area (Å²) >= 11 is 0. The van der Waals surface area contributed by atoms with Crippen molar-refractivity contribution in [3.63, 3.8) is 0 Å². The Morgan fingerprint density at radius 1 is 1.10 bits per heavy atom. The van der Waals surface area contributed by atoms with Crippen LogP contribution in [-0.4, -0.2) is 48.7 Å². The van der Waals surface area contributed by atoms with Crippen molar-refractivity contribution in [1.82, 2.24) is 0 Å². The molecule has 2 N–H and O–H groups in total. The fourth-order valence-corrected chi connectivity index (χ4v) is 4.45. The second kappa shape index (κ2) is 6.81. The van der Waals surface area contributed by atoms with Crippen molar-refractivity contribution in [2.45, 2.75) is 37.8 Å². The molecule has 162 valence electrons. The lowest BCUT2D eigenvalue weighted by Crippen LogP contribution is -2.49. The molecule has 5 rings (SSSR count). The molecule has 8 nitrogen and oxygen atoms in total. The molecule has 31 heavy (non-hydrogen) atoms. The second-order valence-corrected chi connectivity index (χ2v) is 7.91. The molecule has 0 aromatic heterocycles. The number of carbonyl (C=O) groups is 1. The zero-order valence-corrected chi connectivity index (χ0v) is 17.3. The average molecular weight is 426 g/mol. The number of Topliss-reactive ketones (excluding diaryl/α,β-unsaturated/α-hetero) is 1. The number of phenolic OH excluding ortho intramolecular Hbond substituents is 1. The molecular weight excluding hydrogens is 404 g/mol. The molecule has 2 aromatic rings. The average Bonchev–Trinajstić information content (AvgIpc) is 3.17. The van der Waals surface area contributed by atoms with Gasteiger partial charge in [-0.2, -0.15) is 0 Å². The van der Waals surface area contributed by atoms with E-state index in [0.717, 1.165) is 5.57 Å². The smallest absolute Gasteiger partial charge is 0.235 e. The number of phenols is 1. The minimum Gasteiger partial charge on any atom is -0.507 e. The molecule has 0 unspecified atom stereocenters. The van der Waals surface area contributed by atoms with Crippen LogP contribution in [0, 0.1) is 0 Å². The van der Waals surface area contributed by atoms with Gasteiger partial charge in [0, 0.05) is 29.7 Å². The van der Waals surface area contributed by atoms with Gasteiger partial charge in [0.05, 0.1) is 20.1 Å². The Kier molecular flexibility index (Phi) is 4.30. The van der Waals surface area contributed by atoms with Gasteiger partial charge in [0.1, 0.15) is 34.7 Å². The summed E-state index contributed by atoms with van der Waals surface area (Å²) in [5.74, 6) is 0.260. The Balaban J connectivity index is 1.65. The first-order chi connectivity index (χ1) is 14.8. The van der Waals surface area contributed by atoms with Crippen LogP contribution in [0.4, 0.5) is 0 Å². The van der Waals surface area contributed by atoms with Crippen molar-refractivity contribution in [2.24, 2.45) is 0 Å². The molecule has 0 fully saturated rings. The van der Waals surface area contributed by atoms with Gasteiger partial charge in [-0.1, -0.05) is 6.58 Å². The fourth-order valence-electron chi connectivity index (χ4n) is 4.45. The molecule has 0 saturated carbocycles. The predicted molar refractivity (Wildman–Crippen MR) is 109 cm³/mol. The van der Waals surface area contributed by atoms with Crippen molar-refractivity contribution >= 4 is 5.78 Å². The first-order valence-electron chi connectivity index (χ1n) is 9.86. The Morgan fingerprint density at radius 2 is 1.81 bits per heavy atom. The van der Waals surface area contributed by atoms with Crippen LogP contribution in [0.5, 0.6) is 34.5 Å². The molecule has 0 spiro atoms. The number of carbonyl (C=O) groups excluding carboxylic acids is 1. The number of rotatable bonds is 3. The van der Waals surface area contributed by atoms with Crippen molar-refractivity contribution in [3.05, 3.63) is 47.0 Å². The van der Waals surface area contributed by atoms with E-state index in [1.54, 1.807) is 12.1 Å². The van der Waals surface area contributed by atoms with Gasteiger partial charge in [-0.15, -0.1) is 0 Å². The lowest BCUT2D eigenvalue weighted by Gasteiger charge is -2.40. The Bertz CT molecular complexity index is 1120. The standard InChI is InChI=1S/C23H22O8/c1-9(2)13-6-11-14(29-13)7-12(24)19-20(25)18-10-5-16(27-3)17(28-4)8-15(10)30-23(26)22(18)31-21(11)19/h5,7-8,13,18,22-24,26H,1,6H2,2-4H3/t13-,18-,22+,23-/m0/s1. The van der Waals surface area contributed by atoms with E-state index in [0.29, 0.717) is 34.8 Å². The predicted octanol–water partition coefficient (Wildman–Crippen LogP) is 2.73. The molecule has 3 aliphatic heterocycles.